The summed E-state index contributed by atoms with van der Waals surface area (Å²) < 4.78 is 5.38. The number of amidine groups is 1. The quantitative estimate of drug-likeness (QED) is 0.233. The molecule has 1 aliphatic heterocycles. The molecule has 12 heteroatoms. The SMILES string of the molecule is N=C(N)C1CN(C(=O)OCc2ccccc2)CCN1CCC(=O)Nc1cccc(C(=O)NCC(=O)O)c1. The Morgan fingerprint density at radius 1 is 1.08 bits per heavy atom. The summed E-state index contributed by atoms with van der Waals surface area (Å²) in [5, 5.41) is 21.6. The molecule has 1 fully saturated rings. The van der Waals surface area contributed by atoms with Gasteiger partial charge in [-0.3, -0.25) is 24.7 Å². The smallest absolute Gasteiger partial charge is 0.410 e. The lowest BCUT2D eigenvalue weighted by atomic mass is 10.1. The summed E-state index contributed by atoms with van der Waals surface area (Å²) in [5.41, 5.74) is 7.27. The second-order valence-electron chi connectivity index (χ2n) is 8.45. The molecule has 12 nitrogen and oxygen atoms in total. The van der Waals surface area contributed by atoms with E-state index in [0.717, 1.165) is 5.56 Å². The van der Waals surface area contributed by atoms with Gasteiger partial charge in [0.25, 0.3) is 5.91 Å². The van der Waals surface area contributed by atoms with Crippen LogP contribution in [0.15, 0.2) is 54.6 Å². The number of carboxylic acids is 1. The summed E-state index contributed by atoms with van der Waals surface area (Å²) in [5.74, 6) is -2.15. The number of carbonyl (C=O) groups is 4. The van der Waals surface area contributed by atoms with Gasteiger partial charge in [0.15, 0.2) is 0 Å². The van der Waals surface area contributed by atoms with Crippen LogP contribution < -0.4 is 16.4 Å². The van der Waals surface area contributed by atoms with Crippen molar-refractivity contribution in [1.82, 2.24) is 15.1 Å². The van der Waals surface area contributed by atoms with Crippen LogP contribution in [0.5, 0.6) is 0 Å². The van der Waals surface area contributed by atoms with E-state index >= 15 is 0 Å². The molecule has 3 rings (SSSR count). The fourth-order valence-corrected chi connectivity index (χ4v) is 3.82. The van der Waals surface area contributed by atoms with Gasteiger partial charge >= 0.3 is 12.1 Å². The Hall–Kier alpha value is -4.45. The minimum atomic E-state index is -1.16. The first-order valence-corrected chi connectivity index (χ1v) is 11.7. The molecule has 0 bridgehead atoms. The van der Waals surface area contributed by atoms with Crippen LogP contribution in [0.25, 0.3) is 0 Å². The molecular formula is C25H30N6O6. The number of nitrogens with zero attached hydrogens (tertiary/aromatic N) is 2. The van der Waals surface area contributed by atoms with Crippen molar-refractivity contribution in [3.8, 4) is 0 Å². The molecule has 0 aromatic heterocycles. The van der Waals surface area contributed by atoms with Crippen molar-refractivity contribution in [2.75, 3.05) is 38.0 Å². The first-order valence-electron chi connectivity index (χ1n) is 11.7. The summed E-state index contributed by atoms with van der Waals surface area (Å²) in [6, 6.07) is 14.9. The Balaban J connectivity index is 1.49. The standard InChI is InChI=1S/C25H30N6O6/c26-23(27)20-15-31(25(36)37-16-17-5-2-1-3-6-17)12-11-30(20)10-9-21(32)29-19-8-4-7-18(13-19)24(35)28-14-22(33)34/h1-8,13,20H,9-12,14-16H2,(H3,26,27)(H,28,35)(H,29,32)(H,33,34). The van der Waals surface area contributed by atoms with E-state index in [0.29, 0.717) is 25.3 Å². The summed E-state index contributed by atoms with van der Waals surface area (Å²) in [4.78, 5) is 51.1. The number of nitrogens with one attached hydrogen (secondary N) is 3. The average molecular weight is 511 g/mol. The molecule has 2 aromatic carbocycles. The van der Waals surface area contributed by atoms with Crippen molar-refractivity contribution >= 4 is 35.4 Å². The van der Waals surface area contributed by atoms with E-state index in [2.05, 4.69) is 10.6 Å². The predicted molar refractivity (Wildman–Crippen MR) is 135 cm³/mol. The average Bonchev–Trinajstić information content (AvgIpc) is 2.89. The van der Waals surface area contributed by atoms with Crippen molar-refractivity contribution in [2.24, 2.45) is 5.73 Å². The maximum atomic E-state index is 12.5. The zero-order chi connectivity index (χ0) is 26.8. The van der Waals surface area contributed by atoms with Crippen LogP contribution in [0.3, 0.4) is 0 Å². The Bertz CT molecular complexity index is 1140. The van der Waals surface area contributed by atoms with Crippen molar-refractivity contribution in [1.29, 1.82) is 5.41 Å². The van der Waals surface area contributed by atoms with Crippen LogP contribution in [-0.4, -0.2) is 83.4 Å². The van der Waals surface area contributed by atoms with Gasteiger partial charge in [0, 0.05) is 43.9 Å². The number of nitrogens with two attached hydrogens (primary N) is 1. The number of aliphatic carboxylic acids is 1. The third kappa shape index (κ3) is 8.32. The van der Waals surface area contributed by atoms with E-state index in [-0.39, 0.29) is 36.9 Å². The molecule has 196 valence electrons. The van der Waals surface area contributed by atoms with Crippen LogP contribution in [0.1, 0.15) is 22.3 Å². The highest BCUT2D eigenvalue weighted by Gasteiger charge is 2.32. The maximum Gasteiger partial charge on any atom is 0.410 e. The molecule has 1 saturated heterocycles. The fourth-order valence-electron chi connectivity index (χ4n) is 3.82. The lowest BCUT2D eigenvalue weighted by Gasteiger charge is -2.40. The first kappa shape index (κ1) is 27.1. The monoisotopic (exact) mass is 510 g/mol. The molecular weight excluding hydrogens is 480 g/mol. The number of carboxylic acid groups (broad SMARTS) is 1. The summed E-state index contributed by atoms with van der Waals surface area (Å²) in [7, 11) is 0. The minimum absolute atomic E-state index is 0.0949. The van der Waals surface area contributed by atoms with Crippen LogP contribution in [0.2, 0.25) is 0 Å². The van der Waals surface area contributed by atoms with Crippen LogP contribution >= 0.6 is 0 Å². The zero-order valence-corrected chi connectivity index (χ0v) is 20.2. The number of hydrogen-bond donors (Lipinski definition) is 5. The van der Waals surface area contributed by atoms with Gasteiger partial charge in [-0.05, 0) is 23.8 Å². The van der Waals surface area contributed by atoms with Gasteiger partial charge in [0.2, 0.25) is 5.91 Å². The molecule has 37 heavy (non-hydrogen) atoms. The largest absolute Gasteiger partial charge is 0.480 e. The Kier molecular flexibility index (Phi) is 9.55. The van der Waals surface area contributed by atoms with Gasteiger partial charge in [-0.25, -0.2) is 4.79 Å². The van der Waals surface area contributed by atoms with Gasteiger partial charge in [-0.1, -0.05) is 36.4 Å². The molecule has 0 saturated carbocycles. The van der Waals surface area contributed by atoms with Gasteiger partial charge in [0.05, 0.1) is 6.04 Å². The number of amides is 3. The molecule has 0 aliphatic carbocycles. The van der Waals surface area contributed by atoms with Crippen LogP contribution in [0, 0.1) is 5.41 Å². The van der Waals surface area contributed by atoms with E-state index in [4.69, 9.17) is 21.0 Å². The van der Waals surface area contributed by atoms with E-state index in [1.807, 2.05) is 35.2 Å². The minimum Gasteiger partial charge on any atom is -0.480 e. The Labute approximate surface area is 213 Å². The van der Waals surface area contributed by atoms with Gasteiger partial charge in [-0.15, -0.1) is 0 Å². The molecule has 1 heterocycles. The van der Waals surface area contributed by atoms with E-state index in [9.17, 15) is 19.2 Å². The van der Waals surface area contributed by atoms with Gasteiger partial charge in [0.1, 0.15) is 19.0 Å². The lowest BCUT2D eigenvalue weighted by Crippen LogP contribution is -2.59. The molecule has 3 amide bonds. The summed E-state index contributed by atoms with van der Waals surface area (Å²) >= 11 is 0. The molecule has 0 radical (unpaired) electrons. The molecule has 6 N–H and O–H groups in total. The number of rotatable bonds is 10. The van der Waals surface area contributed by atoms with E-state index in [1.165, 1.54) is 17.0 Å². The van der Waals surface area contributed by atoms with Crippen LogP contribution in [0.4, 0.5) is 10.5 Å². The number of carbonyl (C=O) groups excluding carboxylic acids is 3. The summed E-state index contributed by atoms with van der Waals surface area (Å²) in [6.45, 7) is 0.904. The Morgan fingerprint density at radius 2 is 1.84 bits per heavy atom. The number of benzene rings is 2. The third-order valence-corrected chi connectivity index (χ3v) is 5.75. The van der Waals surface area contributed by atoms with E-state index in [1.54, 1.807) is 12.1 Å². The Morgan fingerprint density at radius 3 is 2.54 bits per heavy atom. The zero-order valence-electron chi connectivity index (χ0n) is 20.2. The molecule has 2 aromatic rings. The second kappa shape index (κ2) is 13.0. The number of anilines is 1. The number of ether oxygens (including phenoxy) is 1. The number of hydrogen-bond acceptors (Lipinski definition) is 7. The van der Waals surface area contributed by atoms with E-state index < -0.39 is 30.6 Å². The molecule has 1 aliphatic rings. The number of piperazine rings is 1. The highest BCUT2D eigenvalue weighted by atomic mass is 16.6. The lowest BCUT2D eigenvalue weighted by molar-refractivity contribution is -0.135. The van der Waals surface area contributed by atoms with Crippen molar-refractivity contribution in [2.45, 2.75) is 19.1 Å². The topological polar surface area (TPSA) is 178 Å². The van der Waals surface area contributed by atoms with Crippen molar-refractivity contribution in [3.63, 3.8) is 0 Å². The normalized spacial score (nSPS) is 15.5. The fraction of sp³-hybridized carbons (Fsp3) is 0.320. The second-order valence-corrected chi connectivity index (χ2v) is 8.45. The maximum absolute atomic E-state index is 12.5. The van der Waals surface area contributed by atoms with Crippen molar-refractivity contribution in [3.05, 3.63) is 65.7 Å². The summed E-state index contributed by atoms with van der Waals surface area (Å²) in [6.07, 6.45) is -0.391. The van der Waals surface area contributed by atoms with Gasteiger partial charge < -0.3 is 31.1 Å². The predicted octanol–water partition coefficient (Wildman–Crippen LogP) is 1.09. The highest BCUT2D eigenvalue weighted by Crippen LogP contribution is 2.15. The van der Waals surface area contributed by atoms with Crippen LogP contribution in [-0.2, 0) is 20.9 Å². The molecule has 1 unspecified atom stereocenters. The van der Waals surface area contributed by atoms with Gasteiger partial charge in [-0.2, -0.15) is 0 Å². The third-order valence-electron chi connectivity index (χ3n) is 5.75. The van der Waals surface area contributed by atoms with Crippen molar-refractivity contribution < 1.29 is 29.0 Å². The molecule has 0 spiro atoms. The molecule has 1 atom stereocenters. The highest BCUT2D eigenvalue weighted by molar-refractivity contribution is 5.98. The first-order chi connectivity index (χ1) is 17.7.